The lowest BCUT2D eigenvalue weighted by Crippen LogP contribution is -2.30. The fraction of sp³-hybridized carbons (Fsp3) is 0.687. The Morgan fingerprint density at radius 3 is 0.932 bits per heavy atom. The largest absolute Gasteiger partial charge is 0.462 e. The van der Waals surface area contributed by atoms with Crippen molar-refractivity contribution in [1.29, 1.82) is 0 Å². The molecule has 0 aromatic rings. The summed E-state index contributed by atoms with van der Waals surface area (Å²) in [5.74, 6) is -0.962. The number of hydrogen-bond donors (Lipinski definition) is 0. The first-order valence-electron chi connectivity index (χ1n) is 30.4. The zero-order valence-corrected chi connectivity index (χ0v) is 47.6. The molecule has 6 heteroatoms. The van der Waals surface area contributed by atoms with Gasteiger partial charge < -0.3 is 14.2 Å². The van der Waals surface area contributed by atoms with E-state index < -0.39 is 6.10 Å². The summed E-state index contributed by atoms with van der Waals surface area (Å²) in [6.07, 6.45) is 82.2. The molecule has 0 heterocycles. The van der Waals surface area contributed by atoms with Crippen LogP contribution < -0.4 is 0 Å². The minimum Gasteiger partial charge on any atom is -0.462 e. The summed E-state index contributed by atoms with van der Waals surface area (Å²) in [6, 6.07) is 0. The van der Waals surface area contributed by atoms with E-state index in [9.17, 15) is 14.4 Å². The van der Waals surface area contributed by atoms with Crippen molar-refractivity contribution in [3.8, 4) is 0 Å². The Bertz CT molecular complexity index is 1490. The SMILES string of the molecule is CC/C=C\C/C=C\C/C=C\C/C=C\C/C=C\CCCCCC(=O)OCC(COC(=O)CCCCCCC/C=C\C=C/CCCCCCCCC)OC(=O)CCCCCCC/C=C\C=C/CCCCCCCCC. The third-order valence-corrected chi connectivity index (χ3v) is 12.8. The maximum Gasteiger partial charge on any atom is 0.306 e. The van der Waals surface area contributed by atoms with E-state index in [1.165, 1.54) is 103 Å². The van der Waals surface area contributed by atoms with Gasteiger partial charge in [-0.2, -0.15) is 0 Å². The molecular formula is C67H112O6. The molecule has 0 amide bonds. The van der Waals surface area contributed by atoms with Gasteiger partial charge in [0.05, 0.1) is 0 Å². The predicted molar refractivity (Wildman–Crippen MR) is 316 cm³/mol. The van der Waals surface area contributed by atoms with E-state index in [2.05, 4.69) is 130 Å². The first-order chi connectivity index (χ1) is 36.0. The van der Waals surface area contributed by atoms with Gasteiger partial charge in [0.25, 0.3) is 0 Å². The minimum atomic E-state index is -0.810. The Morgan fingerprint density at radius 1 is 0.301 bits per heavy atom. The normalized spacial score (nSPS) is 12.9. The van der Waals surface area contributed by atoms with Crippen LogP contribution in [0.5, 0.6) is 0 Å². The van der Waals surface area contributed by atoms with Crippen molar-refractivity contribution in [1.82, 2.24) is 0 Å². The molecule has 0 saturated heterocycles. The topological polar surface area (TPSA) is 78.9 Å². The van der Waals surface area contributed by atoms with Gasteiger partial charge in [-0.05, 0) is 116 Å². The van der Waals surface area contributed by atoms with Crippen molar-refractivity contribution in [2.24, 2.45) is 0 Å². The van der Waals surface area contributed by atoms with Crippen LogP contribution in [0.4, 0.5) is 0 Å². The lowest BCUT2D eigenvalue weighted by atomic mass is 10.1. The van der Waals surface area contributed by atoms with Gasteiger partial charge in [-0.25, -0.2) is 0 Å². The summed E-state index contributed by atoms with van der Waals surface area (Å²) in [5.41, 5.74) is 0. The van der Waals surface area contributed by atoms with Crippen molar-refractivity contribution < 1.29 is 28.6 Å². The van der Waals surface area contributed by atoms with Gasteiger partial charge in [0, 0.05) is 19.3 Å². The molecule has 416 valence electrons. The molecule has 0 aliphatic rings. The molecule has 0 aliphatic heterocycles. The number of esters is 3. The van der Waals surface area contributed by atoms with E-state index in [4.69, 9.17) is 14.2 Å². The van der Waals surface area contributed by atoms with Gasteiger partial charge in [0.2, 0.25) is 0 Å². The Hall–Kier alpha value is -3.93. The summed E-state index contributed by atoms with van der Waals surface area (Å²) in [7, 11) is 0. The molecule has 0 aromatic heterocycles. The summed E-state index contributed by atoms with van der Waals surface area (Å²) in [5, 5.41) is 0. The molecule has 0 radical (unpaired) electrons. The van der Waals surface area contributed by atoms with Crippen LogP contribution in [0.2, 0.25) is 0 Å². The Kier molecular flexibility index (Phi) is 57.4. The number of ether oxygens (including phenoxy) is 3. The van der Waals surface area contributed by atoms with Gasteiger partial charge in [0.1, 0.15) is 13.2 Å². The number of unbranched alkanes of at least 4 members (excludes halogenated alkanes) is 27. The second-order valence-corrected chi connectivity index (χ2v) is 19.9. The third-order valence-electron chi connectivity index (χ3n) is 12.8. The number of carbonyl (C=O) groups is 3. The highest BCUT2D eigenvalue weighted by atomic mass is 16.6. The summed E-state index contributed by atoms with van der Waals surface area (Å²) in [4.78, 5) is 38.3. The molecule has 0 saturated carbocycles. The highest BCUT2D eigenvalue weighted by Gasteiger charge is 2.19. The van der Waals surface area contributed by atoms with Gasteiger partial charge in [-0.3, -0.25) is 14.4 Å². The second-order valence-electron chi connectivity index (χ2n) is 19.9. The van der Waals surface area contributed by atoms with E-state index in [0.29, 0.717) is 19.3 Å². The lowest BCUT2D eigenvalue weighted by Gasteiger charge is -2.18. The van der Waals surface area contributed by atoms with E-state index in [1.807, 2.05) is 0 Å². The van der Waals surface area contributed by atoms with E-state index in [0.717, 1.165) is 135 Å². The highest BCUT2D eigenvalue weighted by Crippen LogP contribution is 2.14. The monoisotopic (exact) mass is 1010 g/mol. The fourth-order valence-electron chi connectivity index (χ4n) is 8.22. The molecule has 0 fully saturated rings. The third kappa shape index (κ3) is 58.8. The molecule has 0 spiro atoms. The summed E-state index contributed by atoms with van der Waals surface area (Å²) in [6.45, 7) is 6.47. The standard InChI is InChI=1S/C67H112O6/c1-4-7-10-13-16-19-22-25-28-31-34-37-39-42-45-48-51-54-57-60-66(69)72-63-64(73-67(70)61-58-55-52-49-46-43-40-36-33-30-27-24-21-18-15-12-9-6-3)62-71-65(68)59-56-53-50-47-44-41-38-35-32-29-26-23-20-17-14-11-8-5-2/h7,10,16,19,25,28-30,32-38,40,42,45,64H,4-6,8-9,11-15,17-18,20-24,26-27,31,39,41,43-44,46-63H2,1-3H3/b10-7-,19-16-,28-25-,32-29-,33-30-,37-34-,38-35-,40-36-,45-42-. The quantitative estimate of drug-likeness (QED) is 0.0199. The van der Waals surface area contributed by atoms with Crippen molar-refractivity contribution >= 4 is 17.9 Å². The Balaban J connectivity index is 4.52. The van der Waals surface area contributed by atoms with Gasteiger partial charge in [-0.15, -0.1) is 0 Å². The maximum atomic E-state index is 12.9. The smallest absolute Gasteiger partial charge is 0.306 e. The van der Waals surface area contributed by atoms with E-state index in [-0.39, 0.29) is 31.1 Å². The average molecular weight is 1010 g/mol. The minimum absolute atomic E-state index is 0.104. The van der Waals surface area contributed by atoms with Crippen LogP contribution in [0.1, 0.15) is 278 Å². The van der Waals surface area contributed by atoms with Crippen LogP contribution in [0, 0.1) is 0 Å². The zero-order valence-electron chi connectivity index (χ0n) is 47.6. The van der Waals surface area contributed by atoms with Crippen molar-refractivity contribution in [3.63, 3.8) is 0 Å². The number of rotatable bonds is 54. The van der Waals surface area contributed by atoms with Crippen LogP contribution in [-0.2, 0) is 28.6 Å². The highest BCUT2D eigenvalue weighted by molar-refractivity contribution is 5.71. The molecule has 1 unspecified atom stereocenters. The van der Waals surface area contributed by atoms with Crippen LogP contribution in [0.3, 0.4) is 0 Å². The molecule has 6 nitrogen and oxygen atoms in total. The molecule has 0 bridgehead atoms. The van der Waals surface area contributed by atoms with Crippen molar-refractivity contribution in [2.75, 3.05) is 13.2 Å². The maximum absolute atomic E-state index is 12.9. The van der Waals surface area contributed by atoms with E-state index in [1.54, 1.807) is 0 Å². The molecule has 0 N–H and O–H groups in total. The van der Waals surface area contributed by atoms with Crippen LogP contribution >= 0.6 is 0 Å². The van der Waals surface area contributed by atoms with Gasteiger partial charge >= 0.3 is 17.9 Å². The Morgan fingerprint density at radius 2 is 0.575 bits per heavy atom. The van der Waals surface area contributed by atoms with Crippen LogP contribution in [-0.4, -0.2) is 37.2 Å². The summed E-state index contributed by atoms with van der Waals surface area (Å²) >= 11 is 0. The predicted octanol–water partition coefficient (Wildman–Crippen LogP) is 20.7. The second kappa shape index (κ2) is 60.6. The van der Waals surface area contributed by atoms with Crippen molar-refractivity contribution in [3.05, 3.63) is 109 Å². The molecular weight excluding hydrogens is 901 g/mol. The zero-order chi connectivity index (χ0) is 52.9. The first kappa shape index (κ1) is 69.1. The molecule has 0 aliphatic carbocycles. The molecule has 1 atom stereocenters. The molecule has 0 aromatic carbocycles. The summed E-state index contributed by atoms with van der Waals surface area (Å²) < 4.78 is 16.9. The molecule has 73 heavy (non-hydrogen) atoms. The first-order valence-corrected chi connectivity index (χ1v) is 30.4. The van der Waals surface area contributed by atoms with Crippen LogP contribution in [0.15, 0.2) is 109 Å². The average Bonchev–Trinajstić information content (AvgIpc) is 3.39. The number of allylic oxidation sites excluding steroid dienone is 18. The molecule has 0 rings (SSSR count). The lowest BCUT2D eigenvalue weighted by molar-refractivity contribution is -0.167. The van der Waals surface area contributed by atoms with Crippen molar-refractivity contribution in [2.45, 2.75) is 284 Å². The van der Waals surface area contributed by atoms with E-state index >= 15 is 0 Å². The fourth-order valence-corrected chi connectivity index (χ4v) is 8.22. The number of hydrogen-bond acceptors (Lipinski definition) is 6. The Labute approximate surface area is 450 Å². The van der Waals surface area contributed by atoms with Gasteiger partial charge in [-0.1, -0.05) is 252 Å². The van der Waals surface area contributed by atoms with Crippen LogP contribution in [0.25, 0.3) is 0 Å². The van der Waals surface area contributed by atoms with Gasteiger partial charge in [0.15, 0.2) is 6.10 Å². The number of carbonyl (C=O) groups excluding carboxylic acids is 3.